The maximum Gasteiger partial charge on any atom is 0.277 e. The summed E-state index contributed by atoms with van der Waals surface area (Å²) in [4.78, 5) is 12.2. The molecule has 174 valence electrons. The van der Waals surface area contributed by atoms with E-state index >= 15 is 0 Å². The maximum absolute atomic E-state index is 12.2. The van der Waals surface area contributed by atoms with Gasteiger partial charge in [-0.25, -0.2) is 5.43 Å². The topological polar surface area (TPSA) is 69.2 Å². The molecule has 32 heavy (non-hydrogen) atoms. The first kappa shape index (κ1) is 25.2. The molecule has 0 fully saturated rings. The number of ether oxygens (including phenoxy) is 3. The number of benzene rings is 2. The SMILES string of the molecule is COc1ccc(/C(C)=N/NC(=O)COc2ccc(C(C)(C)CC(C)(C)C)cc2)cc1OC. The van der Waals surface area contributed by atoms with Crippen LogP contribution in [0.4, 0.5) is 0 Å². The molecule has 2 rings (SSSR count). The first-order chi connectivity index (χ1) is 14.9. The average Bonchev–Trinajstić information content (AvgIpc) is 2.74. The van der Waals surface area contributed by atoms with Gasteiger partial charge < -0.3 is 14.2 Å². The van der Waals surface area contributed by atoms with Gasteiger partial charge in [0.15, 0.2) is 18.1 Å². The van der Waals surface area contributed by atoms with E-state index in [1.807, 2.05) is 24.3 Å². The van der Waals surface area contributed by atoms with Gasteiger partial charge in [-0.2, -0.15) is 5.10 Å². The van der Waals surface area contributed by atoms with Crippen LogP contribution in [0, 0.1) is 5.41 Å². The Bertz CT molecular complexity index is 941. The van der Waals surface area contributed by atoms with Crippen LogP contribution in [-0.2, 0) is 10.2 Å². The van der Waals surface area contributed by atoms with Crippen LogP contribution in [0.2, 0.25) is 0 Å². The third-order valence-electron chi connectivity index (χ3n) is 5.13. The van der Waals surface area contributed by atoms with E-state index in [2.05, 4.69) is 57.3 Å². The molecule has 0 aliphatic heterocycles. The molecule has 6 nitrogen and oxygen atoms in total. The fourth-order valence-corrected chi connectivity index (χ4v) is 3.88. The maximum atomic E-state index is 12.2. The molecule has 0 saturated carbocycles. The number of methoxy groups -OCH3 is 2. The normalized spacial score (nSPS) is 12.3. The average molecular weight is 441 g/mol. The molecule has 0 saturated heterocycles. The second-order valence-electron chi connectivity index (χ2n) is 9.74. The summed E-state index contributed by atoms with van der Waals surface area (Å²) in [5, 5.41) is 4.16. The van der Waals surface area contributed by atoms with E-state index in [9.17, 15) is 4.79 Å². The lowest BCUT2D eigenvalue weighted by atomic mass is 9.72. The van der Waals surface area contributed by atoms with Crippen molar-refractivity contribution in [2.75, 3.05) is 20.8 Å². The van der Waals surface area contributed by atoms with Crippen LogP contribution < -0.4 is 19.6 Å². The number of hydrogen-bond acceptors (Lipinski definition) is 5. The van der Waals surface area contributed by atoms with Crippen molar-refractivity contribution in [2.45, 2.75) is 53.4 Å². The Labute approximate surface area is 192 Å². The number of nitrogens with one attached hydrogen (secondary N) is 1. The molecule has 1 amide bonds. The van der Waals surface area contributed by atoms with E-state index in [1.165, 1.54) is 5.56 Å². The van der Waals surface area contributed by atoms with Gasteiger partial charge in [0.05, 0.1) is 19.9 Å². The van der Waals surface area contributed by atoms with Crippen molar-refractivity contribution in [3.8, 4) is 17.2 Å². The summed E-state index contributed by atoms with van der Waals surface area (Å²) in [5.41, 5.74) is 5.54. The summed E-state index contributed by atoms with van der Waals surface area (Å²) >= 11 is 0. The summed E-state index contributed by atoms with van der Waals surface area (Å²) in [6, 6.07) is 13.4. The molecular weight excluding hydrogens is 404 g/mol. The van der Waals surface area contributed by atoms with E-state index in [-0.39, 0.29) is 23.3 Å². The monoisotopic (exact) mass is 440 g/mol. The number of rotatable bonds is 9. The highest BCUT2D eigenvalue weighted by Gasteiger charge is 2.27. The quantitative estimate of drug-likeness (QED) is 0.422. The van der Waals surface area contributed by atoms with Crippen LogP contribution in [0.15, 0.2) is 47.6 Å². The highest BCUT2D eigenvalue weighted by Crippen LogP contribution is 2.36. The van der Waals surface area contributed by atoms with E-state index in [0.29, 0.717) is 23.0 Å². The van der Waals surface area contributed by atoms with Crippen LogP contribution in [-0.4, -0.2) is 32.4 Å². The molecule has 6 heteroatoms. The number of hydrazone groups is 1. The second-order valence-corrected chi connectivity index (χ2v) is 9.74. The first-order valence-electron chi connectivity index (χ1n) is 10.7. The molecule has 0 atom stereocenters. The van der Waals surface area contributed by atoms with Crippen LogP contribution >= 0.6 is 0 Å². The Kier molecular flexibility index (Phi) is 8.31. The molecule has 2 aromatic carbocycles. The van der Waals surface area contributed by atoms with Gasteiger partial charge in [0.25, 0.3) is 5.91 Å². The summed E-state index contributed by atoms with van der Waals surface area (Å²) in [6.07, 6.45) is 1.07. The molecule has 0 bridgehead atoms. The van der Waals surface area contributed by atoms with Gasteiger partial charge >= 0.3 is 0 Å². The van der Waals surface area contributed by atoms with E-state index in [0.717, 1.165) is 12.0 Å². The third-order valence-corrected chi connectivity index (χ3v) is 5.13. The lowest BCUT2D eigenvalue weighted by Crippen LogP contribution is -2.26. The Balaban J connectivity index is 1.93. The van der Waals surface area contributed by atoms with Crippen molar-refractivity contribution in [3.05, 3.63) is 53.6 Å². The molecule has 0 spiro atoms. The van der Waals surface area contributed by atoms with Crippen LogP contribution in [0.25, 0.3) is 0 Å². The zero-order chi connectivity index (χ0) is 23.9. The van der Waals surface area contributed by atoms with Crippen LogP contribution in [0.1, 0.15) is 59.1 Å². The number of carbonyl (C=O) groups is 1. The molecule has 0 radical (unpaired) electrons. The number of nitrogens with zero attached hydrogens (tertiary/aromatic N) is 1. The third kappa shape index (κ3) is 7.29. The fourth-order valence-electron chi connectivity index (χ4n) is 3.88. The first-order valence-corrected chi connectivity index (χ1v) is 10.7. The number of hydrogen-bond donors (Lipinski definition) is 1. The van der Waals surface area contributed by atoms with Crippen molar-refractivity contribution in [1.29, 1.82) is 0 Å². The minimum Gasteiger partial charge on any atom is -0.493 e. The smallest absolute Gasteiger partial charge is 0.277 e. The Morgan fingerprint density at radius 3 is 2.12 bits per heavy atom. The Morgan fingerprint density at radius 1 is 0.938 bits per heavy atom. The van der Waals surface area contributed by atoms with Crippen molar-refractivity contribution in [2.24, 2.45) is 10.5 Å². The molecular formula is C26H36N2O4. The molecule has 2 aromatic rings. The van der Waals surface area contributed by atoms with E-state index in [4.69, 9.17) is 14.2 Å². The van der Waals surface area contributed by atoms with Gasteiger partial charge in [-0.05, 0) is 60.1 Å². The minimum absolute atomic E-state index is 0.0601. The van der Waals surface area contributed by atoms with Gasteiger partial charge in [0.2, 0.25) is 0 Å². The van der Waals surface area contributed by atoms with E-state index in [1.54, 1.807) is 27.2 Å². The highest BCUT2D eigenvalue weighted by atomic mass is 16.5. The fraction of sp³-hybridized carbons (Fsp3) is 0.462. The Hall–Kier alpha value is -3.02. The summed E-state index contributed by atoms with van der Waals surface area (Å²) < 4.78 is 16.2. The van der Waals surface area contributed by atoms with Gasteiger partial charge in [-0.3, -0.25) is 4.79 Å². The van der Waals surface area contributed by atoms with Crippen molar-refractivity contribution in [1.82, 2.24) is 5.43 Å². The molecule has 0 heterocycles. The van der Waals surface area contributed by atoms with Crippen molar-refractivity contribution in [3.63, 3.8) is 0 Å². The standard InChI is InChI=1S/C26H36N2O4/c1-18(19-9-14-22(30-7)23(15-19)31-8)27-28-24(29)16-32-21-12-10-20(11-13-21)26(5,6)17-25(2,3)4/h9-15H,16-17H2,1-8H3,(H,28,29)/b27-18+. The molecule has 0 aliphatic carbocycles. The summed E-state index contributed by atoms with van der Waals surface area (Å²) in [5.74, 6) is 1.55. The van der Waals surface area contributed by atoms with Crippen LogP contribution in [0.5, 0.6) is 17.2 Å². The predicted octanol–water partition coefficient (Wildman–Crippen LogP) is 5.34. The van der Waals surface area contributed by atoms with E-state index < -0.39 is 0 Å². The Morgan fingerprint density at radius 2 is 1.56 bits per heavy atom. The summed E-state index contributed by atoms with van der Waals surface area (Å²) in [6.45, 7) is 12.9. The molecule has 0 unspecified atom stereocenters. The van der Waals surface area contributed by atoms with Crippen molar-refractivity contribution >= 4 is 11.6 Å². The molecule has 0 aromatic heterocycles. The lowest BCUT2D eigenvalue weighted by molar-refractivity contribution is -0.123. The number of carbonyl (C=O) groups excluding carboxylic acids is 1. The largest absolute Gasteiger partial charge is 0.493 e. The molecule has 1 N–H and O–H groups in total. The van der Waals surface area contributed by atoms with Gasteiger partial charge in [0, 0.05) is 5.56 Å². The van der Waals surface area contributed by atoms with Gasteiger partial charge in [-0.1, -0.05) is 46.8 Å². The summed E-state index contributed by atoms with van der Waals surface area (Å²) in [7, 11) is 3.16. The van der Waals surface area contributed by atoms with Gasteiger partial charge in [-0.15, -0.1) is 0 Å². The number of amides is 1. The zero-order valence-corrected chi connectivity index (χ0v) is 20.5. The lowest BCUT2D eigenvalue weighted by Gasteiger charge is -2.33. The van der Waals surface area contributed by atoms with Crippen LogP contribution in [0.3, 0.4) is 0 Å². The highest BCUT2D eigenvalue weighted by molar-refractivity contribution is 5.99. The molecule has 0 aliphatic rings. The van der Waals surface area contributed by atoms with Gasteiger partial charge in [0.1, 0.15) is 5.75 Å². The predicted molar refractivity (Wildman–Crippen MR) is 129 cm³/mol. The van der Waals surface area contributed by atoms with Crippen molar-refractivity contribution < 1.29 is 19.0 Å². The second kappa shape index (κ2) is 10.5. The minimum atomic E-state index is -0.332. The zero-order valence-electron chi connectivity index (χ0n) is 20.5.